The molecule has 0 radical (unpaired) electrons. The molecule has 37 heteroatoms. The highest BCUT2D eigenvalue weighted by Gasteiger charge is 2.28. The van der Waals surface area contributed by atoms with E-state index < -0.39 is 53.0 Å². The highest BCUT2D eigenvalue weighted by Crippen LogP contribution is 2.42. The molecule has 0 spiro atoms. The number of rotatable bonds is 26. The Morgan fingerprint density at radius 2 is 1.45 bits per heavy atom. The van der Waals surface area contributed by atoms with Gasteiger partial charge in [-0.05, 0) is 128 Å². The van der Waals surface area contributed by atoms with Crippen molar-refractivity contribution in [1.29, 1.82) is 0 Å². The number of aromatic nitrogens is 7. The number of benzene rings is 5. The Bertz CT molecular complexity index is 4840. The van der Waals surface area contributed by atoms with Crippen LogP contribution in [-0.2, 0) is 34.6 Å². The predicted octanol–water partition coefficient (Wildman–Crippen LogP) is 16.0. The molecule has 6 heterocycles. The number of carbonyl (C=O) groups is 6. The van der Waals surface area contributed by atoms with Crippen molar-refractivity contribution in [2.75, 3.05) is 59.8 Å². The van der Waals surface area contributed by atoms with Gasteiger partial charge in [0.15, 0.2) is 43.5 Å². The fourth-order valence-corrected chi connectivity index (χ4v) is 14.0. The van der Waals surface area contributed by atoms with Crippen LogP contribution in [0.25, 0.3) is 0 Å². The number of ether oxygens (including phenoxy) is 6. The molecule has 1 aliphatic carbocycles. The van der Waals surface area contributed by atoms with Crippen molar-refractivity contribution in [1.82, 2.24) is 34.7 Å². The third kappa shape index (κ3) is 26.1. The van der Waals surface area contributed by atoms with Crippen LogP contribution >= 0.6 is 68.4 Å². The standard InChI is InChI=1S/C21H20FN3O6S.C19H19N3O5S2.C18H22N2OS.C14H12FN5OS2.O2S/c1-4-30-19(26)14-11-32-21(24-14)25-20(27)23-13-10-12(22)8-9-15(13)31-17-7-5-6-16(28-2)18(17)29-3;1-11(2)27-15-8-13(16(23)20-19-22-21-17(29-19)18(24)25)7-14(9-15)26-5-3-12-4-6-28-10-12;1-13-6-8-15(9-7-13)16(12-14-4-2-3-5-14)17(21)20-18-19-10-11-22-18;1-20-4-2-18-14(20)23-11-6-8(10(16)7-9(11)15)12(21)19-13-17-3-5-22-13;1-3-2/h5-11H,4H2,1-3H3,(H2,23,24,25,27);4,6-11H,3,5H2,1-2H3,(H,24,25)(H,20,22,23);6-11,14,16H,2-5,12H2,1H3,(H,19,20,21);2-7H,16H2,1H3,(H,17,19,21);. The zero-order valence-corrected chi connectivity index (χ0v) is 65.0. The number of hydrogen-bond donors (Lipinski definition) is 7. The maximum atomic E-state index is 14.1. The topological polar surface area (TPSA) is 381 Å². The first kappa shape index (κ1) is 83.5. The molecule has 11 aromatic rings. The Hall–Kier alpha value is -11.1. The molecule has 12 rings (SSSR count). The summed E-state index contributed by atoms with van der Waals surface area (Å²) in [6, 6.07) is 25.9. The lowest BCUT2D eigenvalue weighted by atomic mass is 9.87. The van der Waals surface area contributed by atoms with Crippen LogP contribution < -0.4 is 56.0 Å². The van der Waals surface area contributed by atoms with E-state index in [1.54, 1.807) is 96.4 Å². The van der Waals surface area contributed by atoms with Gasteiger partial charge in [-0.2, -0.15) is 19.8 Å². The summed E-state index contributed by atoms with van der Waals surface area (Å²) in [5.41, 5.74) is 10.0. The van der Waals surface area contributed by atoms with Gasteiger partial charge in [0.1, 0.15) is 23.1 Å². The van der Waals surface area contributed by atoms with Gasteiger partial charge in [0.25, 0.3) is 11.8 Å². The number of nitrogens with two attached hydrogens (primary N) is 1. The lowest BCUT2D eigenvalue weighted by Crippen LogP contribution is -2.23. The van der Waals surface area contributed by atoms with E-state index >= 15 is 0 Å². The summed E-state index contributed by atoms with van der Waals surface area (Å²) in [5, 5.41) is 40.2. The predicted molar refractivity (Wildman–Crippen MR) is 416 cm³/mol. The average molecular weight is 1620 g/mol. The van der Waals surface area contributed by atoms with Crippen LogP contribution in [0.3, 0.4) is 0 Å². The number of amides is 5. The zero-order valence-electron chi connectivity index (χ0n) is 59.3. The number of esters is 1. The molecule has 8 N–H and O–H groups in total. The Morgan fingerprint density at radius 3 is 2.08 bits per heavy atom. The van der Waals surface area contributed by atoms with Crippen LogP contribution in [0.2, 0.25) is 0 Å². The second kappa shape index (κ2) is 42.5. The number of nitrogens with one attached hydrogen (secondary N) is 5. The van der Waals surface area contributed by atoms with Crippen LogP contribution in [0.5, 0.6) is 34.5 Å². The van der Waals surface area contributed by atoms with Gasteiger partial charge in [-0.3, -0.25) is 30.3 Å². The van der Waals surface area contributed by atoms with Gasteiger partial charge in [-0.1, -0.05) is 72.9 Å². The zero-order chi connectivity index (χ0) is 78.4. The number of carbonyl (C=O) groups excluding carboxylic acids is 5. The second-order valence-electron chi connectivity index (χ2n) is 23.2. The minimum Gasteiger partial charge on any atom is -0.493 e. The summed E-state index contributed by atoms with van der Waals surface area (Å²) in [5.74, 6) is -0.827. The third-order valence-electron chi connectivity index (χ3n) is 15.0. The normalized spacial score (nSPS) is 11.6. The molecule has 1 aliphatic rings. The number of urea groups is 1. The molecule has 1 fully saturated rings. The van der Waals surface area contributed by atoms with Crippen molar-refractivity contribution >= 4 is 148 Å². The van der Waals surface area contributed by atoms with Gasteiger partial charge >= 0.3 is 29.5 Å². The lowest BCUT2D eigenvalue weighted by Gasteiger charge is -2.20. The molecule has 0 bridgehead atoms. The number of halogens is 2. The van der Waals surface area contributed by atoms with Gasteiger partial charge in [0, 0.05) is 77.8 Å². The Balaban J connectivity index is 0.000000182. The molecule has 5 aromatic carbocycles. The van der Waals surface area contributed by atoms with E-state index in [2.05, 4.69) is 93.3 Å². The Kier molecular flexibility index (Phi) is 32.5. The fraction of sp³-hybridized carbons (Fsp3) is 0.250. The summed E-state index contributed by atoms with van der Waals surface area (Å²) in [6.07, 6.45) is 13.4. The number of imidazole rings is 1. The molecular weight excluding hydrogens is 1550 g/mol. The van der Waals surface area contributed by atoms with Crippen molar-refractivity contribution in [2.45, 2.75) is 88.3 Å². The summed E-state index contributed by atoms with van der Waals surface area (Å²) in [6.45, 7) is 8.19. The number of hydrogen-bond acceptors (Lipinski definition) is 27. The van der Waals surface area contributed by atoms with E-state index in [1.807, 2.05) is 30.7 Å². The molecule has 6 aromatic heterocycles. The number of aryl methyl sites for hydroxylation is 2. The quantitative estimate of drug-likeness (QED) is 0.0195. The molecule has 1 unspecified atom stereocenters. The molecule has 5 amide bonds. The van der Waals surface area contributed by atoms with Gasteiger partial charge in [0.2, 0.25) is 21.8 Å². The second-order valence-corrected chi connectivity index (χ2v) is 28.7. The molecule has 0 aliphatic heterocycles. The third-order valence-corrected chi connectivity index (χ3v) is 19.9. The number of carboxylic acid groups (broad SMARTS) is 1. The number of nitrogens with zero attached hydrogens (tertiary/aromatic N) is 7. The summed E-state index contributed by atoms with van der Waals surface area (Å²) >= 11 is 6.58. The van der Waals surface area contributed by atoms with Gasteiger partial charge < -0.3 is 54.5 Å². The van der Waals surface area contributed by atoms with Gasteiger partial charge in [-0.15, -0.1) is 44.2 Å². The number of nitrogen functional groups attached to an aromatic ring is 1. The minimum atomic E-state index is -1.20. The molecule has 572 valence electrons. The highest BCUT2D eigenvalue weighted by molar-refractivity contribution is 7.99. The first-order valence-electron chi connectivity index (χ1n) is 32.9. The van der Waals surface area contributed by atoms with Crippen LogP contribution in [0.1, 0.15) is 116 Å². The Morgan fingerprint density at radius 1 is 0.743 bits per heavy atom. The highest BCUT2D eigenvalue weighted by atomic mass is 32.2. The number of carboxylic acids is 1. The van der Waals surface area contributed by atoms with Crippen LogP contribution in [0.4, 0.5) is 45.5 Å². The van der Waals surface area contributed by atoms with E-state index in [4.69, 9.17) is 47.7 Å². The molecule has 28 nitrogen and oxygen atoms in total. The monoisotopic (exact) mass is 1620 g/mol. The van der Waals surface area contributed by atoms with Crippen molar-refractivity contribution in [3.05, 3.63) is 199 Å². The minimum absolute atomic E-state index is 0.0644. The maximum Gasteiger partial charge on any atom is 0.367 e. The molecule has 1 atom stereocenters. The van der Waals surface area contributed by atoms with Crippen LogP contribution in [0.15, 0.2) is 159 Å². The summed E-state index contributed by atoms with van der Waals surface area (Å²) < 4.78 is 79.2. The van der Waals surface area contributed by atoms with E-state index in [1.165, 1.54) is 97.3 Å². The number of methoxy groups -OCH3 is 2. The van der Waals surface area contributed by atoms with Crippen molar-refractivity contribution in [3.63, 3.8) is 0 Å². The number of thiophene rings is 1. The maximum absolute atomic E-state index is 14.1. The first-order chi connectivity index (χ1) is 52.5. The van der Waals surface area contributed by atoms with E-state index in [0.29, 0.717) is 62.3 Å². The lowest BCUT2D eigenvalue weighted by molar-refractivity contribution is -0.118. The summed E-state index contributed by atoms with van der Waals surface area (Å²) in [7, 11) is 4.75. The number of aromatic carboxylic acids is 1. The molecular formula is C72H73F2N13O15S7. The van der Waals surface area contributed by atoms with Gasteiger partial charge in [-0.25, -0.2) is 43.1 Å². The van der Waals surface area contributed by atoms with E-state index in [9.17, 15) is 37.5 Å². The van der Waals surface area contributed by atoms with Gasteiger partial charge in [0.05, 0.1) is 55.6 Å². The Labute approximate surface area is 651 Å². The van der Waals surface area contributed by atoms with E-state index in [-0.39, 0.29) is 73.1 Å². The fourth-order valence-electron chi connectivity index (χ4n) is 10.1. The molecule has 0 saturated heterocycles. The summed E-state index contributed by atoms with van der Waals surface area (Å²) in [4.78, 5) is 89.2. The van der Waals surface area contributed by atoms with Crippen LogP contribution in [-0.4, -0.2) is 117 Å². The average Bonchev–Trinajstić information content (AvgIpc) is 1.68. The van der Waals surface area contributed by atoms with Crippen LogP contribution in [0, 0.1) is 24.5 Å². The van der Waals surface area contributed by atoms with Crippen molar-refractivity contribution in [2.24, 2.45) is 13.0 Å². The number of para-hydroxylation sites is 1. The van der Waals surface area contributed by atoms with Crippen molar-refractivity contribution in [3.8, 4) is 34.5 Å². The molecule has 1 saturated carbocycles. The number of thiazole rings is 3. The molecule has 109 heavy (non-hydrogen) atoms. The number of anilines is 6. The largest absolute Gasteiger partial charge is 0.493 e. The smallest absolute Gasteiger partial charge is 0.367 e. The SMILES string of the molecule is CC(C)Oc1cc(OCCc2ccsc2)cc(C(=O)Nc2nnc(C(=O)O)s2)c1.CCOC(=O)c1csc(NC(=O)Nc2cc(F)ccc2Oc2cccc(OC)c2OC)n1.Cc1ccc(C(CC2CCCC2)C(=O)Nc2nccs2)cc1.Cn1ccnc1Sc1cc(C(=O)Nc2nccs2)c(N)cc1F.O=S=O. The first-order valence-corrected chi connectivity index (χ1v) is 38.8. The van der Waals surface area contributed by atoms with Crippen molar-refractivity contribution < 1.29 is 79.5 Å². The van der Waals surface area contributed by atoms with E-state index in [0.717, 1.165) is 65.0 Å².